The Labute approximate surface area is 196 Å². The van der Waals surface area contributed by atoms with Crippen molar-refractivity contribution in [3.63, 3.8) is 0 Å². The van der Waals surface area contributed by atoms with Crippen LogP contribution in [0.15, 0.2) is 76.5 Å². The summed E-state index contributed by atoms with van der Waals surface area (Å²) in [6.45, 7) is 5.76. The molecule has 0 saturated carbocycles. The molecular formula is C25H25IN4O. The molecule has 0 amide bonds. The van der Waals surface area contributed by atoms with Gasteiger partial charge in [0.1, 0.15) is 5.76 Å². The van der Waals surface area contributed by atoms with Crippen LogP contribution in [-0.4, -0.2) is 43.8 Å². The molecule has 0 atom stereocenters. The van der Waals surface area contributed by atoms with E-state index in [0.717, 1.165) is 44.2 Å². The van der Waals surface area contributed by atoms with Gasteiger partial charge in [-0.1, -0.05) is 6.07 Å². The van der Waals surface area contributed by atoms with Crippen LogP contribution in [0.3, 0.4) is 0 Å². The molecule has 1 N–H and O–H groups in total. The Hall–Kier alpha value is -2.58. The Bertz CT molecular complexity index is 1080. The van der Waals surface area contributed by atoms with Crippen LogP contribution >= 0.6 is 22.6 Å². The molecule has 6 heteroatoms. The Morgan fingerprint density at radius 2 is 1.87 bits per heavy atom. The van der Waals surface area contributed by atoms with E-state index < -0.39 is 0 Å². The highest BCUT2D eigenvalue weighted by Crippen LogP contribution is 2.25. The van der Waals surface area contributed by atoms with Gasteiger partial charge in [-0.15, -0.1) is 0 Å². The minimum atomic E-state index is 0.709. The molecule has 1 aromatic heterocycles. The summed E-state index contributed by atoms with van der Waals surface area (Å²) in [7, 11) is 0. The summed E-state index contributed by atoms with van der Waals surface area (Å²) in [4.78, 5) is 9.40. The van der Waals surface area contributed by atoms with Gasteiger partial charge in [0.2, 0.25) is 0 Å². The molecule has 0 aliphatic carbocycles. The Morgan fingerprint density at radius 1 is 1.03 bits per heavy atom. The van der Waals surface area contributed by atoms with Crippen LogP contribution in [0.1, 0.15) is 16.9 Å². The van der Waals surface area contributed by atoms with Gasteiger partial charge in [0.05, 0.1) is 19.4 Å². The predicted octanol–water partition coefficient (Wildman–Crippen LogP) is 5.09. The third-order valence-corrected chi connectivity index (χ3v) is 6.50. The van der Waals surface area contributed by atoms with E-state index in [4.69, 9.17) is 4.42 Å². The molecule has 0 radical (unpaired) electrons. The third-order valence-electron chi connectivity index (χ3n) is 5.83. The monoisotopic (exact) mass is 524 g/mol. The molecule has 3 heterocycles. The number of aliphatic imine (C=N–C) groups is 1. The van der Waals surface area contributed by atoms with E-state index in [0.29, 0.717) is 6.54 Å². The fraction of sp³-hybridized carbons (Fsp3) is 0.240. The fourth-order valence-electron chi connectivity index (χ4n) is 4.10. The number of benzene rings is 2. The maximum Gasteiger partial charge on any atom is 0.117 e. The molecule has 1 saturated heterocycles. The number of fused-ring (bicyclic) bond motifs is 1. The van der Waals surface area contributed by atoms with Crippen molar-refractivity contribution in [1.29, 1.82) is 0 Å². The van der Waals surface area contributed by atoms with Crippen LogP contribution in [0.2, 0.25) is 0 Å². The minimum Gasteiger partial charge on any atom is -0.468 e. The predicted molar refractivity (Wildman–Crippen MR) is 136 cm³/mol. The minimum absolute atomic E-state index is 0.709. The Kier molecular flexibility index (Phi) is 6.08. The van der Waals surface area contributed by atoms with Gasteiger partial charge in [-0.3, -0.25) is 9.89 Å². The van der Waals surface area contributed by atoms with Crippen LogP contribution in [-0.2, 0) is 6.54 Å². The van der Waals surface area contributed by atoms with Gasteiger partial charge in [-0.25, -0.2) is 0 Å². The summed E-state index contributed by atoms with van der Waals surface area (Å²) in [5, 5.41) is 3.46. The van der Waals surface area contributed by atoms with E-state index in [-0.39, 0.29) is 0 Å². The number of piperazine rings is 1. The van der Waals surface area contributed by atoms with Crippen LogP contribution < -0.4 is 10.2 Å². The summed E-state index contributed by atoms with van der Waals surface area (Å²) in [6.07, 6.45) is 5.80. The summed E-state index contributed by atoms with van der Waals surface area (Å²) < 4.78 is 6.72. The zero-order valence-corrected chi connectivity index (χ0v) is 19.5. The Morgan fingerprint density at radius 3 is 2.65 bits per heavy atom. The van der Waals surface area contributed by atoms with Crippen molar-refractivity contribution < 1.29 is 4.42 Å². The average molecular weight is 524 g/mol. The van der Waals surface area contributed by atoms with Gasteiger partial charge >= 0.3 is 0 Å². The maximum absolute atomic E-state index is 5.48. The number of nitrogens with zero attached hydrogens (tertiary/aromatic N) is 3. The molecular weight excluding hydrogens is 499 g/mol. The van der Waals surface area contributed by atoms with Crippen LogP contribution in [0.5, 0.6) is 0 Å². The smallest absolute Gasteiger partial charge is 0.117 e. The van der Waals surface area contributed by atoms with E-state index in [9.17, 15) is 0 Å². The molecule has 5 nitrogen and oxygen atoms in total. The van der Waals surface area contributed by atoms with Crippen molar-refractivity contribution >= 4 is 45.8 Å². The van der Waals surface area contributed by atoms with E-state index in [1.165, 1.54) is 26.0 Å². The standard InChI is InChI=1S/C25H25IN4O/c26-21-4-3-19-15-27-16-20(25(19)14-21)17-28-22-5-7-23(8-6-22)30-11-9-29(10-12-30)18-24-2-1-13-31-24/h1-8,13-15,17,28H,9-12,16,18H2/b20-17+. The molecule has 31 heavy (non-hydrogen) atoms. The largest absolute Gasteiger partial charge is 0.468 e. The molecule has 3 aromatic rings. The van der Waals surface area contributed by atoms with Crippen LogP contribution in [0, 0.1) is 3.57 Å². The molecule has 158 valence electrons. The van der Waals surface area contributed by atoms with Gasteiger partial charge in [0, 0.05) is 53.5 Å². The van der Waals surface area contributed by atoms with Gasteiger partial charge < -0.3 is 14.6 Å². The van der Waals surface area contributed by atoms with E-state index in [1.807, 2.05) is 18.3 Å². The third kappa shape index (κ3) is 4.85. The van der Waals surface area contributed by atoms with Gasteiger partial charge in [-0.2, -0.15) is 0 Å². The highest BCUT2D eigenvalue weighted by molar-refractivity contribution is 14.1. The van der Waals surface area contributed by atoms with Crippen molar-refractivity contribution in [3.8, 4) is 0 Å². The number of rotatable bonds is 5. The zero-order valence-electron chi connectivity index (χ0n) is 17.3. The molecule has 2 aromatic carbocycles. The van der Waals surface area contributed by atoms with Crippen molar-refractivity contribution in [2.24, 2.45) is 4.99 Å². The second-order valence-corrected chi connectivity index (χ2v) is 9.15. The number of anilines is 2. The van der Waals surface area contributed by atoms with Crippen molar-refractivity contribution in [2.45, 2.75) is 6.54 Å². The lowest BCUT2D eigenvalue weighted by molar-refractivity contribution is 0.230. The molecule has 2 aliphatic rings. The molecule has 0 spiro atoms. The summed E-state index contributed by atoms with van der Waals surface area (Å²) >= 11 is 2.36. The summed E-state index contributed by atoms with van der Waals surface area (Å²) in [5.74, 6) is 1.04. The van der Waals surface area contributed by atoms with Crippen molar-refractivity contribution in [2.75, 3.05) is 42.9 Å². The number of furan rings is 1. The lowest BCUT2D eigenvalue weighted by atomic mass is 9.99. The van der Waals surface area contributed by atoms with E-state index in [1.54, 1.807) is 6.26 Å². The van der Waals surface area contributed by atoms with Crippen molar-refractivity contribution in [1.82, 2.24) is 4.90 Å². The zero-order chi connectivity index (χ0) is 21.0. The molecule has 0 unspecified atom stereocenters. The highest BCUT2D eigenvalue weighted by Gasteiger charge is 2.18. The number of hydrogen-bond acceptors (Lipinski definition) is 5. The first kappa shape index (κ1) is 20.3. The summed E-state index contributed by atoms with van der Waals surface area (Å²) in [5.41, 5.74) is 6.03. The maximum atomic E-state index is 5.48. The normalized spacial score (nSPS) is 17.7. The van der Waals surface area contributed by atoms with Gasteiger partial charge in [0.25, 0.3) is 0 Å². The van der Waals surface area contributed by atoms with E-state index >= 15 is 0 Å². The summed E-state index contributed by atoms with van der Waals surface area (Å²) in [6, 6.07) is 19.2. The first-order valence-electron chi connectivity index (χ1n) is 10.6. The van der Waals surface area contributed by atoms with Gasteiger partial charge in [0.15, 0.2) is 0 Å². The molecule has 1 fully saturated rings. The number of hydrogen-bond donors (Lipinski definition) is 1. The Balaban J connectivity index is 1.19. The van der Waals surface area contributed by atoms with Crippen molar-refractivity contribution in [3.05, 3.63) is 87.5 Å². The second kappa shape index (κ2) is 9.28. The lowest BCUT2D eigenvalue weighted by Crippen LogP contribution is -2.45. The average Bonchev–Trinajstić information content (AvgIpc) is 3.32. The number of halogens is 1. The van der Waals surface area contributed by atoms with Crippen LogP contribution in [0.25, 0.3) is 5.57 Å². The van der Waals surface area contributed by atoms with Gasteiger partial charge in [-0.05, 0) is 87.8 Å². The molecule has 2 aliphatic heterocycles. The SMILES string of the molecule is Ic1ccc2c(c1)/C(=C/Nc1ccc(N3CCN(Cc4ccco4)CC3)cc1)CN=C2. The topological polar surface area (TPSA) is 44.0 Å². The first-order chi connectivity index (χ1) is 15.2. The molecule has 0 bridgehead atoms. The quantitative estimate of drug-likeness (QED) is 0.473. The fourth-order valence-corrected chi connectivity index (χ4v) is 4.59. The second-order valence-electron chi connectivity index (χ2n) is 7.90. The van der Waals surface area contributed by atoms with Crippen LogP contribution in [0.4, 0.5) is 11.4 Å². The molecule has 5 rings (SSSR count). The lowest BCUT2D eigenvalue weighted by Gasteiger charge is -2.35. The number of nitrogens with one attached hydrogen (secondary N) is 1. The van der Waals surface area contributed by atoms with E-state index in [2.05, 4.69) is 91.4 Å². The highest BCUT2D eigenvalue weighted by atomic mass is 127. The first-order valence-corrected chi connectivity index (χ1v) is 11.7.